The van der Waals surface area contributed by atoms with Crippen LogP contribution in [0, 0.1) is 10.1 Å². The highest BCUT2D eigenvalue weighted by Crippen LogP contribution is 2.31. The second kappa shape index (κ2) is 10.8. The van der Waals surface area contributed by atoms with Gasteiger partial charge in [-0.3, -0.25) is 19.6 Å². The Morgan fingerprint density at radius 2 is 1.97 bits per heavy atom. The molecule has 0 saturated heterocycles. The zero-order chi connectivity index (χ0) is 24.0. The molecule has 0 aliphatic heterocycles. The van der Waals surface area contributed by atoms with Crippen molar-refractivity contribution in [3.8, 4) is 11.5 Å². The van der Waals surface area contributed by atoms with Gasteiger partial charge in [-0.25, -0.2) is 5.43 Å². The third-order valence-electron chi connectivity index (χ3n) is 4.50. The normalized spacial score (nSPS) is 11.2. The summed E-state index contributed by atoms with van der Waals surface area (Å²) in [5.41, 5.74) is 4.05. The molecule has 2 aromatic carbocycles. The third-order valence-corrected chi connectivity index (χ3v) is 5.21. The lowest BCUT2D eigenvalue weighted by molar-refractivity contribution is -0.385. The molecule has 3 aromatic rings. The first-order chi connectivity index (χ1) is 15.8. The maximum absolute atomic E-state index is 12.1. The van der Waals surface area contributed by atoms with Crippen LogP contribution in [0.2, 0.25) is 10.0 Å². The van der Waals surface area contributed by atoms with E-state index in [-0.39, 0.29) is 18.8 Å². The van der Waals surface area contributed by atoms with Crippen molar-refractivity contribution in [2.24, 2.45) is 5.10 Å². The third kappa shape index (κ3) is 6.21. The number of carbonyl (C=O) groups excluding carboxylic acids is 1. The minimum absolute atomic E-state index is 0.156. The molecule has 1 aromatic heterocycles. The van der Waals surface area contributed by atoms with Gasteiger partial charge in [0.05, 0.1) is 17.7 Å². The molecule has 0 bridgehead atoms. The lowest BCUT2D eigenvalue weighted by Gasteiger charge is -2.13. The Bertz CT molecular complexity index is 1190. The van der Waals surface area contributed by atoms with E-state index in [1.807, 2.05) is 0 Å². The van der Waals surface area contributed by atoms with Crippen LogP contribution in [0.3, 0.4) is 0 Å². The average Bonchev–Trinajstić information content (AvgIpc) is 3.26. The van der Waals surface area contributed by atoms with E-state index < -0.39 is 10.8 Å². The largest absolute Gasteiger partial charge is 0.493 e. The summed E-state index contributed by atoms with van der Waals surface area (Å²) < 4.78 is 12.4. The molecule has 0 aliphatic carbocycles. The van der Waals surface area contributed by atoms with Gasteiger partial charge < -0.3 is 9.47 Å². The number of hydrogen-bond donors (Lipinski definition) is 1. The lowest BCUT2D eigenvalue weighted by atomic mass is 10.1. The van der Waals surface area contributed by atoms with E-state index in [1.54, 1.807) is 43.3 Å². The van der Waals surface area contributed by atoms with Crippen LogP contribution in [0.25, 0.3) is 0 Å². The van der Waals surface area contributed by atoms with E-state index >= 15 is 0 Å². The van der Waals surface area contributed by atoms with E-state index in [0.717, 1.165) is 17.1 Å². The quantitative estimate of drug-likeness (QED) is 0.271. The van der Waals surface area contributed by atoms with Crippen LogP contribution in [-0.4, -0.2) is 33.4 Å². The fourth-order valence-corrected chi connectivity index (χ4v) is 3.27. The van der Waals surface area contributed by atoms with Crippen molar-refractivity contribution in [3.05, 3.63) is 80.1 Å². The number of nitrogens with zero attached hydrogens (tertiary/aromatic N) is 4. The highest BCUT2D eigenvalue weighted by atomic mass is 35.5. The summed E-state index contributed by atoms with van der Waals surface area (Å²) in [6, 6.07) is 10.4. The van der Waals surface area contributed by atoms with Crippen molar-refractivity contribution in [2.45, 2.75) is 20.1 Å². The minimum Gasteiger partial charge on any atom is -0.493 e. The van der Waals surface area contributed by atoms with Gasteiger partial charge in [-0.2, -0.15) is 10.2 Å². The smallest absolute Gasteiger partial charge is 0.307 e. The monoisotopic (exact) mass is 491 g/mol. The van der Waals surface area contributed by atoms with Gasteiger partial charge in [0.2, 0.25) is 0 Å². The number of nitrogens with one attached hydrogen (secondary N) is 1. The fourth-order valence-electron chi connectivity index (χ4n) is 2.76. The Morgan fingerprint density at radius 3 is 2.61 bits per heavy atom. The molecular weight excluding hydrogens is 473 g/mol. The summed E-state index contributed by atoms with van der Waals surface area (Å²) >= 11 is 12.4. The maximum Gasteiger partial charge on any atom is 0.307 e. The summed E-state index contributed by atoms with van der Waals surface area (Å²) in [4.78, 5) is 22.2. The number of benzene rings is 2. The Labute approximate surface area is 198 Å². The van der Waals surface area contributed by atoms with E-state index in [2.05, 4.69) is 15.6 Å². The summed E-state index contributed by atoms with van der Waals surface area (Å²) in [5.74, 6) is 0.450. The van der Waals surface area contributed by atoms with Crippen molar-refractivity contribution < 1.29 is 19.2 Å². The highest BCUT2D eigenvalue weighted by Gasteiger charge is 2.13. The number of halogens is 2. The van der Waals surface area contributed by atoms with Gasteiger partial charge in [-0.15, -0.1) is 0 Å². The highest BCUT2D eigenvalue weighted by molar-refractivity contribution is 6.35. The number of amides is 1. The van der Waals surface area contributed by atoms with Crippen LogP contribution in [0.1, 0.15) is 18.1 Å². The van der Waals surface area contributed by atoms with E-state index in [1.165, 1.54) is 7.11 Å². The number of methoxy groups -OCH3 is 1. The first-order valence-corrected chi connectivity index (χ1v) is 10.3. The second-order valence-electron chi connectivity index (χ2n) is 6.74. The standard InChI is InChI=1S/C21H19Cl2N5O5/c1-13(25-26-21(29)11-27-10-15(9-24-27)28(30)31)14-6-7-19(20(8-14)32-2)33-12-16-17(22)4-3-5-18(16)23/h3-10H,11-12H2,1-2H3,(H,26,29)/b25-13+. The predicted octanol–water partition coefficient (Wildman–Crippen LogP) is 4.23. The Morgan fingerprint density at radius 1 is 1.24 bits per heavy atom. The molecular formula is C21H19Cl2N5O5. The molecule has 3 rings (SSSR count). The van der Waals surface area contributed by atoms with Gasteiger partial charge in [-0.05, 0) is 37.3 Å². The maximum atomic E-state index is 12.1. The first kappa shape index (κ1) is 24.0. The molecule has 0 fully saturated rings. The van der Waals surface area contributed by atoms with Crippen LogP contribution >= 0.6 is 23.2 Å². The van der Waals surface area contributed by atoms with E-state index in [9.17, 15) is 14.9 Å². The second-order valence-corrected chi connectivity index (χ2v) is 7.55. The van der Waals surface area contributed by atoms with E-state index in [4.69, 9.17) is 32.7 Å². The minimum atomic E-state index is -0.590. The van der Waals surface area contributed by atoms with Gasteiger partial charge in [0.15, 0.2) is 11.5 Å². The summed E-state index contributed by atoms with van der Waals surface area (Å²) in [5, 5.41) is 19.5. The van der Waals surface area contributed by atoms with Crippen LogP contribution in [-0.2, 0) is 17.9 Å². The molecule has 1 amide bonds. The van der Waals surface area contributed by atoms with Gasteiger partial charge in [0.25, 0.3) is 5.91 Å². The summed E-state index contributed by atoms with van der Waals surface area (Å²) in [7, 11) is 1.51. The van der Waals surface area contributed by atoms with Gasteiger partial charge in [0.1, 0.15) is 25.5 Å². The molecule has 0 atom stereocenters. The van der Waals surface area contributed by atoms with Crippen molar-refractivity contribution in [2.75, 3.05) is 7.11 Å². The SMILES string of the molecule is COc1cc(/C(C)=N/NC(=O)Cn2cc([N+](=O)[O-])cn2)ccc1OCc1c(Cl)cccc1Cl. The van der Waals surface area contributed by atoms with Crippen LogP contribution in [0.5, 0.6) is 11.5 Å². The Hall–Kier alpha value is -3.63. The first-order valence-electron chi connectivity index (χ1n) is 9.52. The molecule has 172 valence electrons. The van der Waals surface area contributed by atoms with Crippen molar-refractivity contribution in [3.63, 3.8) is 0 Å². The number of ether oxygens (including phenoxy) is 2. The Kier molecular flexibility index (Phi) is 7.86. The van der Waals surface area contributed by atoms with Gasteiger partial charge in [0, 0.05) is 21.2 Å². The van der Waals surface area contributed by atoms with Gasteiger partial charge >= 0.3 is 5.69 Å². The zero-order valence-electron chi connectivity index (χ0n) is 17.6. The van der Waals surface area contributed by atoms with Crippen LogP contribution < -0.4 is 14.9 Å². The molecule has 1 heterocycles. The molecule has 33 heavy (non-hydrogen) atoms. The average molecular weight is 492 g/mol. The summed E-state index contributed by atoms with van der Waals surface area (Å²) in [6.07, 6.45) is 2.23. The van der Waals surface area contributed by atoms with Crippen LogP contribution in [0.15, 0.2) is 53.9 Å². The Balaban J connectivity index is 1.65. The number of hydrogen-bond acceptors (Lipinski definition) is 7. The van der Waals surface area contributed by atoms with Crippen molar-refractivity contribution >= 4 is 40.5 Å². The molecule has 0 saturated carbocycles. The van der Waals surface area contributed by atoms with Crippen molar-refractivity contribution in [1.29, 1.82) is 0 Å². The van der Waals surface area contributed by atoms with Crippen LogP contribution in [0.4, 0.5) is 5.69 Å². The number of nitro groups is 1. The number of rotatable bonds is 9. The molecule has 0 aliphatic rings. The predicted molar refractivity (Wildman–Crippen MR) is 123 cm³/mol. The molecule has 1 N–H and O–H groups in total. The number of hydrazone groups is 1. The summed E-state index contributed by atoms with van der Waals surface area (Å²) in [6.45, 7) is 1.64. The number of carbonyl (C=O) groups is 1. The molecule has 10 nitrogen and oxygen atoms in total. The van der Waals surface area contributed by atoms with Crippen molar-refractivity contribution in [1.82, 2.24) is 15.2 Å². The molecule has 0 spiro atoms. The van der Waals surface area contributed by atoms with Gasteiger partial charge in [-0.1, -0.05) is 29.3 Å². The topological polar surface area (TPSA) is 121 Å². The number of aromatic nitrogens is 2. The zero-order valence-corrected chi connectivity index (χ0v) is 19.1. The molecule has 0 unspecified atom stereocenters. The fraction of sp³-hybridized carbons (Fsp3) is 0.190. The van der Waals surface area contributed by atoms with E-state index in [0.29, 0.717) is 38.4 Å². The molecule has 12 heteroatoms. The lowest BCUT2D eigenvalue weighted by Crippen LogP contribution is -2.24. The molecule has 0 radical (unpaired) electrons.